The number of nitrogens with zero attached hydrogens (tertiary/aromatic N) is 1. The van der Waals surface area contributed by atoms with Crippen molar-refractivity contribution in [2.24, 2.45) is 0 Å². The van der Waals surface area contributed by atoms with Gasteiger partial charge in [0.1, 0.15) is 6.04 Å². The molecule has 0 aromatic rings. The van der Waals surface area contributed by atoms with Gasteiger partial charge in [0.25, 0.3) is 0 Å². The third-order valence-electron chi connectivity index (χ3n) is 2.95. The van der Waals surface area contributed by atoms with E-state index in [0.29, 0.717) is 6.61 Å². The van der Waals surface area contributed by atoms with Crippen LogP contribution < -0.4 is 5.32 Å². The molecule has 0 saturated heterocycles. The van der Waals surface area contributed by atoms with E-state index in [9.17, 15) is 4.79 Å². The Bertz CT molecular complexity index is 210. The number of likely N-dealkylation sites (N-methyl/N-ethyl adjacent to an activating group) is 1. The Morgan fingerprint density at radius 3 is 2.39 bits per heavy atom. The van der Waals surface area contributed by atoms with Gasteiger partial charge in [-0.15, -0.1) is 0 Å². The largest absolute Gasteiger partial charge is 0.465 e. The molecule has 0 aliphatic heterocycles. The van der Waals surface area contributed by atoms with Crippen LogP contribution in [0.4, 0.5) is 0 Å². The normalized spacial score (nSPS) is 12.7. The van der Waals surface area contributed by atoms with E-state index in [4.69, 9.17) is 4.74 Å². The maximum Gasteiger partial charge on any atom is 0.323 e. The molecule has 0 bridgehead atoms. The van der Waals surface area contributed by atoms with Crippen molar-refractivity contribution in [2.45, 2.75) is 53.0 Å². The number of ether oxygens (including phenoxy) is 1. The van der Waals surface area contributed by atoms with Crippen molar-refractivity contribution in [1.82, 2.24) is 10.2 Å². The van der Waals surface area contributed by atoms with Crippen molar-refractivity contribution in [3.63, 3.8) is 0 Å². The van der Waals surface area contributed by atoms with Crippen molar-refractivity contribution in [2.75, 3.05) is 32.8 Å². The van der Waals surface area contributed by atoms with E-state index in [0.717, 1.165) is 39.0 Å². The molecule has 4 heteroatoms. The minimum atomic E-state index is -0.143. The molecule has 4 nitrogen and oxygen atoms in total. The number of rotatable bonds is 11. The maximum absolute atomic E-state index is 11.7. The van der Waals surface area contributed by atoms with Gasteiger partial charge < -0.3 is 15.0 Å². The lowest BCUT2D eigenvalue weighted by Gasteiger charge is -2.22. The molecule has 1 N–H and O–H groups in total. The molecule has 0 aromatic carbocycles. The van der Waals surface area contributed by atoms with Gasteiger partial charge in [-0.05, 0) is 32.9 Å². The molecule has 18 heavy (non-hydrogen) atoms. The number of carbonyl (C=O) groups is 1. The summed E-state index contributed by atoms with van der Waals surface area (Å²) in [5.41, 5.74) is 0. The number of carbonyl (C=O) groups excluding carboxylic acids is 1. The second-order valence-corrected chi connectivity index (χ2v) is 4.48. The van der Waals surface area contributed by atoms with E-state index in [2.05, 4.69) is 31.0 Å². The average Bonchev–Trinajstić information content (AvgIpc) is 2.36. The third-order valence-corrected chi connectivity index (χ3v) is 2.95. The van der Waals surface area contributed by atoms with E-state index in [1.807, 2.05) is 6.92 Å². The van der Waals surface area contributed by atoms with Crippen molar-refractivity contribution in [3.8, 4) is 0 Å². The van der Waals surface area contributed by atoms with E-state index < -0.39 is 0 Å². The third kappa shape index (κ3) is 7.67. The van der Waals surface area contributed by atoms with E-state index in [-0.39, 0.29) is 12.0 Å². The molecule has 0 aliphatic rings. The molecule has 108 valence electrons. The minimum Gasteiger partial charge on any atom is -0.465 e. The van der Waals surface area contributed by atoms with Gasteiger partial charge in [0.15, 0.2) is 0 Å². The first-order valence-corrected chi connectivity index (χ1v) is 7.31. The lowest BCUT2D eigenvalue weighted by Crippen LogP contribution is -2.42. The van der Waals surface area contributed by atoms with Crippen molar-refractivity contribution < 1.29 is 9.53 Å². The molecule has 0 saturated carbocycles. The summed E-state index contributed by atoms with van der Waals surface area (Å²) in [6.07, 6.45) is 3.01. The molecule has 0 fully saturated rings. The fourth-order valence-corrected chi connectivity index (χ4v) is 1.98. The van der Waals surface area contributed by atoms with Crippen LogP contribution in [0.1, 0.15) is 47.0 Å². The summed E-state index contributed by atoms with van der Waals surface area (Å²) < 4.78 is 5.07. The molecular formula is C14H30N2O2. The lowest BCUT2D eigenvalue weighted by atomic mass is 10.1. The fourth-order valence-electron chi connectivity index (χ4n) is 1.98. The predicted octanol–water partition coefficient (Wildman–Crippen LogP) is 2.04. The van der Waals surface area contributed by atoms with Gasteiger partial charge in [-0.2, -0.15) is 0 Å². The minimum absolute atomic E-state index is 0.113. The van der Waals surface area contributed by atoms with Crippen LogP contribution in [-0.2, 0) is 9.53 Å². The van der Waals surface area contributed by atoms with Gasteiger partial charge >= 0.3 is 5.97 Å². The lowest BCUT2D eigenvalue weighted by molar-refractivity contribution is -0.145. The van der Waals surface area contributed by atoms with Crippen LogP contribution in [0.3, 0.4) is 0 Å². The van der Waals surface area contributed by atoms with Crippen LogP contribution in [0.5, 0.6) is 0 Å². The Balaban J connectivity index is 3.98. The first kappa shape index (κ1) is 17.4. The van der Waals surface area contributed by atoms with E-state index in [1.54, 1.807) is 0 Å². The van der Waals surface area contributed by atoms with Crippen LogP contribution in [0, 0.1) is 0 Å². The average molecular weight is 258 g/mol. The highest BCUT2D eigenvalue weighted by Gasteiger charge is 2.17. The monoisotopic (exact) mass is 258 g/mol. The number of hydrogen-bond acceptors (Lipinski definition) is 4. The van der Waals surface area contributed by atoms with Crippen LogP contribution >= 0.6 is 0 Å². The van der Waals surface area contributed by atoms with E-state index >= 15 is 0 Å². The fraction of sp³-hybridized carbons (Fsp3) is 0.929. The summed E-state index contributed by atoms with van der Waals surface area (Å²) in [5, 5.41) is 3.31. The molecule has 0 spiro atoms. The molecule has 0 amide bonds. The zero-order valence-electron chi connectivity index (χ0n) is 12.5. The highest BCUT2D eigenvalue weighted by Crippen LogP contribution is 2.00. The zero-order chi connectivity index (χ0) is 13.8. The highest BCUT2D eigenvalue weighted by molar-refractivity contribution is 5.75. The molecule has 0 aromatic heterocycles. The summed E-state index contributed by atoms with van der Waals surface area (Å²) in [6.45, 7) is 12.8. The Kier molecular flexibility index (Phi) is 11.1. The summed E-state index contributed by atoms with van der Waals surface area (Å²) in [5.74, 6) is -0.113. The van der Waals surface area contributed by atoms with Crippen molar-refractivity contribution >= 4 is 5.97 Å². The van der Waals surface area contributed by atoms with Crippen molar-refractivity contribution in [1.29, 1.82) is 0 Å². The summed E-state index contributed by atoms with van der Waals surface area (Å²) in [7, 11) is 0. The summed E-state index contributed by atoms with van der Waals surface area (Å²) in [6, 6.07) is -0.143. The van der Waals surface area contributed by atoms with Gasteiger partial charge in [0.2, 0.25) is 0 Å². The van der Waals surface area contributed by atoms with Gasteiger partial charge in [-0.25, -0.2) is 0 Å². The standard InChI is InChI=1S/C14H30N2O2/c1-5-9-13(14(17)18-8-4)15-10-12-16(7-3)11-6-2/h13,15H,5-12H2,1-4H3. The second kappa shape index (κ2) is 11.5. The summed E-state index contributed by atoms with van der Waals surface area (Å²) >= 11 is 0. The highest BCUT2D eigenvalue weighted by atomic mass is 16.5. The number of esters is 1. The molecule has 0 rings (SSSR count). The molecular weight excluding hydrogens is 228 g/mol. The maximum atomic E-state index is 11.7. The molecule has 0 radical (unpaired) electrons. The van der Waals surface area contributed by atoms with Gasteiger partial charge in [0.05, 0.1) is 6.61 Å². The SMILES string of the molecule is CCCC(NCCN(CC)CCC)C(=O)OCC. The summed E-state index contributed by atoms with van der Waals surface area (Å²) in [4.78, 5) is 14.1. The Hall–Kier alpha value is -0.610. The Labute approximate surface area is 112 Å². The van der Waals surface area contributed by atoms with Gasteiger partial charge in [-0.3, -0.25) is 4.79 Å². The Morgan fingerprint density at radius 2 is 1.89 bits per heavy atom. The van der Waals surface area contributed by atoms with Crippen LogP contribution in [0.15, 0.2) is 0 Å². The zero-order valence-corrected chi connectivity index (χ0v) is 12.5. The molecule has 1 unspecified atom stereocenters. The van der Waals surface area contributed by atoms with E-state index in [1.165, 1.54) is 6.42 Å². The second-order valence-electron chi connectivity index (χ2n) is 4.48. The number of hydrogen-bond donors (Lipinski definition) is 1. The van der Waals surface area contributed by atoms with Crippen molar-refractivity contribution in [3.05, 3.63) is 0 Å². The van der Waals surface area contributed by atoms with Crippen LogP contribution in [0.25, 0.3) is 0 Å². The smallest absolute Gasteiger partial charge is 0.323 e. The van der Waals surface area contributed by atoms with Gasteiger partial charge in [-0.1, -0.05) is 27.2 Å². The van der Waals surface area contributed by atoms with Crippen LogP contribution in [0.2, 0.25) is 0 Å². The Morgan fingerprint density at radius 1 is 1.17 bits per heavy atom. The molecule has 1 atom stereocenters. The predicted molar refractivity (Wildman–Crippen MR) is 75.7 cm³/mol. The quantitative estimate of drug-likeness (QED) is 0.576. The number of nitrogens with one attached hydrogen (secondary N) is 1. The first-order chi connectivity index (χ1) is 8.69. The van der Waals surface area contributed by atoms with Gasteiger partial charge in [0, 0.05) is 13.1 Å². The van der Waals surface area contributed by atoms with Crippen LogP contribution in [-0.4, -0.2) is 49.7 Å². The molecule has 0 aliphatic carbocycles. The first-order valence-electron chi connectivity index (χ1n) is 7.31. The molecule has 0 heterocycles. The topological polar surface area (TPSA) is 41.6 Å².